The standard InChI is InChI=1S/C29H43N7O5S/c1-20(42(40,41)34-14-12-33(13-15-34)22-8-6-5-7-9-22)17-30-27(38)25-16-23(37)18-35(25)28(39)26(29(2,3)4)36-19-24(31-32-36)21-10-11-21/h5-9,19-21,23,25-26,37H,10-18H2,1-4H3,(H,30,38)/t20?,23?,25?,26-/m1/s1. The molecular weight excluding hydrogens is 558 g/mol. The number of amides is 2. The fourth-order valence-electron chi connectivity index (χ4n) is 5.89. The lowest BCUT2D eigenvalue weighted by Gasteiger charge is -2.36. The molecular formula is C29H43N7O5S. The van der Waals surface area contributed by atoms with Gasteiger partial charge in [0.15, 0.2) is 0 Å². The minimum absolute atomic E-state index is 0.0211. The molecule has 5 rings (SSSR count). The van der Waals surface area contributed by atoms with Gasteiger partial charge in [-0.05, 0) is 37.3 Å². The van der Waals surface area contributed by atoms with Crippen LogP contribution in [0.1, 0.15) is 64.6 Å². The Balaban J connectivity index is 1.21. The zero-order valence-corrected chi connectivity index (χ0v) is 25.7. The molecule has 13 heteroatoms. The second-order valence-electron chi connectivity index (χ2n) is 12.9. The van der Waals surface area contributed by atoms with E-state index >= 15 is 0 Å². The number of nitrogens with zero attached hydrogens (tertiary/aromatic N) is 6. The van der Waals surface area contributed by atoms with Crippen LogP contribution in [0.4, 0.5) is 5.69 Å². The third kappa shape index (κ3) is 6.47. The van der Waals surface area contributed by atoms with Crippen molar-refractivity contribution < 1.29 is 23.1 Å². The van der Waals surface area contributed by atoms with E-state index in [4.69, 9.17) is 0 Å². The van der Waals surface area contributed by atoms with Gasteiger partial charge in [0, 0.05) is 63.5 Å². The summed E-state index contributed by atoms with van der Waals surface area (Å²) in [5.74, 6) is -0.406. The van der Waals surface area contributed by atoms with Gasteiger partial charge in [0.2, 0.25) is 21.8 Å². The van der Waals surface area contributed by atoms with Crippen molar-refractivity contribution in [2.45, 2.75) is 76.3 Å². The van der Waals surface area contributed by atoms with Gasteiger partial charge in [-0.1, -0.05) is 44.2 Å². The molecule has 3 unspecified atom stereocenters. The van der Waals surface area contributed by atoms with Gasteiger partial charge >= 0.3 is 0 Å². The SMILES string of the molecule is CC(CNC(=O)C1CC(O)CN1C(=O)[C@@H](n1cc(C2CC2)nn1)C(C)(C)C)S(=O)(=O)N1CCN(c2ccccc2)CC1. The zero-order valence-electron chi connectivity index (χ0n) is 24.9. The molecule has 1 aromatic heterocycles. The number of carbonyl (C=O) groups is 2. The topological polar surface area (TPSA) is 141 Å². The Morgan fingerprint density at radius 1 is 1.10 bits per heavy atom. The maximum atomic E-state index is 13.9. The summed E-state index contributed by atoms with van der Waals surface area (Å²) in [6, 6.07) is 8.27. The molecule has 1 aliphatic carbocycles. The Labute approximate surface area is 248 Å². The first kappa shape index (κ1) is 30.4. The molecule has 4 atom stereocenters. The van der Waals surface area contributed by atoms with Gasteiger partial charge in [-0.3, -0.25) is 9.59 Å². The number of rotatable bonds is 9. The van der Waals surface area contributed by atoms with Crippen molar-refractivity contribution in [1.82, 2.24) is 29.5 Å². The van der Waals surface area contributed by atoms with Crippen LogP contribution in [-0.4, -0.2) is 106 Å². The smallest absolute Gasteiger partial charge is 0.248 e. The Hall–Kier alpha value is -3.03. The second kappa shape index (κ2) is 11.9. The van der Waals surface area contributed by atoms with E-state index in [-0.39, 0.29) is 25.4 Å². The van der Waals surface area contributed by atoms with Gasteiger partial charge in [0.1, 0.15) is 12.1 Å². The molecule has 3 aliphatic rings. The number of nitrogens with one attached hydrogen (secondary N) is 1. The number of β-amino-alcohol motifs (C(OH)–C–C–N with tert-alkyl or cyclic N) is 1. The van der Waals surface area contributed by atoms with Crippen LogP contribution in [0.5, 0.6) is 0 Å². The molecule has 2 saturated heterocycles. The van der Waals surface area contributed by atoms with Crippen molar-refractivity contribution >= 4 is 27.5 Å². The summed E-state index contributed by atoms with van der Waals surface area (Å²) in [5, 5.41) is 20.9. The fourth-order valence-corrected chi connectivity index (χ4v) is 7.36. The molecule has 2 amide bonds. The number of aromatic nitrogens is 3. The Kier molecular flexibility index (Phi) is 8.64. The Morgan fingerprint density at radius 2 is 1.76 bits per heavy atom. The summed E-state index contributed by atoms with van der Waals surface area (Å²) in [6.07, 6.45) is 3.17. The number of para-hydroxylation sites is 1. The number of hydrogen-bond acceptors (Lipinski definition) is 8. The van der Waals surface area contributed by atoms with Crippen LogP contribution in [0.25, 0.3) is 0 Å². The largest absolute Gasteiger partial charge is 0.391 e. The average molecular weight is 602 g/mol. The Bertz CT molecular complexity index is 1360. The highest BCUT2D eigenvalue weighted by molar-refractivity contribution is 7.89. The highest BCUT2D eigenvalue weighted by Crippen LogP contribution is 2.40. The second-order valence-corrected chi connectivity index (χ2v) is 15.2. The molecule has 12 nitrogen and oxygen atoms in total. The Morgan fingerprint density at radius 3 is 2.38 bits per heavy atom. The number of hydrogen-bond donors (Lipinski definition) is 2. The van der Waals surface area contributed by atoms with Crippen LogP contribution in [0.15, 0.2) is 36.5 Å². The molecule has 3 heterocycles. The summed E-state index contributed by atoms with van der Waals surface area (Å²) in [7, 11) is -3.65. The van der Waals surface area contributed by atoms with Crippen LogP contribution in [0, 0.1) is 5.41 Å². The number of anilines is 1. The fraction of sp³-hybridized carbons (Fsp3) is 0.655. The predicted octanol–water partition coefficient (Wildman–Crippen LogP) is 1.36. The number of likely N-dealkylation sites (tertiary alicyclic amines) is 1. The first-order chi connectivity index (χ1) is 19.9. The van der Waals surface area contributed by atoms with E-state index in [9.17, 15) is 23.1 Å². The van der Waals surface area contributed by atoms with Gasteiger partial charge in [-0.25, -0.2) is 13.1 Å². The summed E-state index contributed by atoms with van der Waals surface area (Å²) in [5.41, 5.74) is 1.39. The van der Waals surface area contributed by atoms with E-state index in [0.717, 1.165) is 24.2 Å². The molecule has 42 heavy (non-hydrogen) atoms. The first-order valence-electron chi connectivity index (χ1n) is 14.8. The molecule has 1 saturated carbocycles. The van der Waals surface area contributed by atoms with E-state index in [2.05, 4.69) is 20.5 Å². The van der Waals surface area contributed by atoms with Crippen molar-refractivity contribution in [2.24, 2.45) is 5.41 Å². The average Bonchev–Trinajstić information content (AvgIpc) is 3.57. The summed E-state index contributed by atoms with van der Waals surface area (Å²) in [4.78, 5) is 30.9. The molecule has 2 aliphatic heterocycles. The lowest BCUT2D eigenvalue weighted by molar-refractivity contribution is -0.144. The van der Waals surface area contributed by atoms with Gasteiger partial charge in [0.05, 0.1) is 17.0 Å². The predicted molar refractivity (Wildman–Crippen MR) is 158 cm³/mol. The number of aliphatic hydroxyl groups is 1. The van der Waals surface area contributed by atoms with E-state index in [1.54, 1.807) is 11.6 Å². The highest BCUT2D eigenvalue weighted by Gasteiger charge is 2.45. The third-order valence-corrected chi connectivity index (χ3v) is 10.8. The van der Waals surface area contributed by atoms with E-state index in [0.29, 0.717) is 32.1 Å². The maximum absolute atomic E-state index is 13.9. The van der Waals surface area contributed by atoms with Crippen LogP contribution in [-0.2, 0) is 19.6 Å². The van der Waals surface area contributed by atoms with Crippen molar-refractivity contribution in [2.75, 3.05) is 44.2 Å². The minimum Gasteiger partial charge on any atom is -0.391 e. The molecule has 1 aromatic carbocycles. The van der Waals surface area contributed by atoms with Crippen LogP contribution >= 0.6 is 0 Å². The van der Waals surface area contributed by atoms with Crippen molar-refractivity contribution in [3.8, 4) is 0 Å². The molecule has 3 fully saturated rings. The van der Waals surface area contributed by atoms with Crippen molar-refractivity contribution in [3.63, 3.8) is 0 Å². The summed E-state index contributed by atoms with van der Waals surface area (Å²) < 4.78 is 29.7. The molecule has 0 bridgehead atoms. The first-order valence-corrected chi connectivity index (χ1v) is 16.3. The normalized spacial score (nSPS) is 23.5. The van der Waals surface area contributed by atoms with Crippen molar-refractivity contribution in [1.29, 1.82) is 0 Å². The van der Waals surface area contributed by atoms with Crippen LogP contribution in [0.3, 0.4) is 0 Å². The number of carbonyl (C=O) groups excluding carboxylic acids is 2. The number of sulfonamides is 1. The minimum atomic E-state index is -3.65. The third-order valence-electron chi connectivity index (χ3n) is 8.50. The number of piperazine rings is 1. The molecule has 0 radical (unpaired) electrons. The van der Waals surface area contributed by atoms with Gasteiger partial charge in [-0.15, -0.1) is 5.10 Å². The molecule has 230 valence electrons. The number of benzene rings is 1. The molecule has 2 aromatic rings. The van der Waals surface area contributed by atoms with Gasteiger partial charge in [0.25, 0.3) is 0 Å². The quantitative estimate of drug-likeness (QED) is 0.439. The van der Waals surface area contributed by atoms with E-state index < -0.39 is 44.8 Å². The molecule has 2 N–H and O–H groups in total. The van der Waals surface area contributed by atoms with E-state index in [1.165, 1.54) is 9.21 Å². The van der Waals surface area contributed by atoms with Crippen LogP contribution < -0.4 is 10.2 Å². The zero-order chi connectivity index (χ0) is 30.2. The van der Waals surface area contributed by atoms with Crippen LogP contribution in [0.2, 0.25) is 0 Å². The number of aliphatic hydroxyl groups excluding tert-OH is 1. The maximum Gasteiger partial charge on any atom is 0.248 e. The lowest BCUT2D eigenvalue weighted by atomic mass is 9.85. The molecule has 0 spiro atoms. The van der Waals surface area contributed by atoms with Crippen molar-refractivity contribution in [3.05, 3.63) is 42.2 Å². The lowest BCUT2D eigenvalue weighted by Crippen LogP contribution is -2.54. The monoisotopic (exact) mass is 601 g/mol. The summed E-state index contributed by atoms with van der Waals surface area (Å²) >= 11 is 0. The van der Waals surface area contributed by atoms with Gasteiger partial charge < -0.3 is 20.2 Å². The van der Waals surface area contributed by atoms with E-state index in [1.807, 2.05) is 57.3 Å². The highest BCUT2D eigenvalue weighted by atomic mass is 32.2. The van der Waals surface area contributed by atoms with Gasteiger partial charge in [-0.2, -0.15) is 4.31 Å². The summed E-state index contributed by atoms with van der Waals surface area (Å²) in [6.45, 7) is 9.22.